The van der Waals surface area contributed by atoms with Crippen LogP contribution in [0.4, 0.5) is 0 Å². The molecule has 0 aliphatic heterocycles. The second-order valence-electron chi connectivity index (χ2n) is 4.87. The van der Waals surface area contributed by atoms with Crippen molar-refractivity contribution in [3.63, 3.8) is 0 Å². The SMILES string of the molecule is C=CN/C=C\C(=C/C)c1cnc2nc(C=C)cn2c1.CCCC. The van der Waals surface area contributed by atoms with Crippen molar-refractivity contribution in [2.24, 2.45) is 0 Å². The van der Waals surface area contributed by atoms with Crippen LogP contribution in [0.1, 0.15) is 44.9 Å². The minimum atomic E-state index is 0.669. The minimum absolute atomic E-state index is 0.669. The molecule has 2 rings (SSSR count). The summed E-state index contributed by atoms with van der Waals surface area (Å²) in [4.78, 5) is 8.64. The molecule has 0 unspecified atom stereocenters. The van der Waals surface area contributed by atoms with Crippen LogP contribution in [-0.2, 0) is 0 Å². The Balaban J connectivity index is 0.000000593. The molecule has 0 aliphatic rings. The molecular formula is C19H26N4. The summed E-state index contributed by atoms with van der Waals surface area (Å²) in [6, 6.07) is 0. The number of imidazole rings is 1. The van der Waals surface area contributed by atoms with Crippen LogP contribution in [0.3, 0.4) is 0 Å². The predicted octanol–water partition coefficient (Wildman–Crippen LogP) is 4.83. The molecule has 2 aromatic rings. The smallest absolute Gasteiger partial charge is 0.234 e. The molecule has 0 saturated heterocycles. The maximum absolute atomic E-state index is 4.34. The van der Waals surface area contributed by atoms with Gasteiger partial charge in [0.05, 0.1) is 5.69 Å². The second-order valence-corrected chi connectivity index (χ2v) is 4.87. The van der Waals surface area contributed by atoms with E-state index in [-0.39, 0.29) is 0 Å². The Kier molecular flexibility index (Phi) is 8.14. The summed E-state index contributed by atoms with van der Waals surface area (Å²) < 4.78 is 1.89. The molecule has 0 aliphatic carbocycles. The van der Waals surface area contributed by atoms with Gasteiger partial charge in [-0.3, -0.25) is 4.40 Å². The first-order chi connectivity index (χ1) is 11.2. The summed E-state index contributed by atoms with van der Waals surface area (Å²) in [5, 5.41) is 2.92. The van der Waals surface area contributed by atoms with Crippen LogP contribution in [0.2, 0.25) is 0 Å². The Hall–Kier alpha value is -2.62. The summed E-state index contributed by atoms with van der Waals surface area (Å²) in [5.41, 5.74) is 2.90. The lowest BCUT2D eigenvalue weighted by Gasteiger charge is -2.02. The first-order valence-corrected chi connectivity index (χ1v) is 7.87. The molecule has 2 heterocycles. The Labute approximate surface area is 139 Å². The van der Waals surface area contributed by atoms with Crippen molar-refractivity contribution >= 4 is 17.4 Å². The van der Waals surface area contributed by atoms with Gasteiger partial charge in [-0.1, -0.05) is 45.9 Å². The molecule has 0 radical (unpaired) electrons. The molecule has 0 fully saturated rings. The molecule has 0 spiro atoms. The largest absolute Gasteiger partial charge is 0.368 e. The number of hydrogen-bond donors (Lipinski definition) is 1. The van der Waals surface area contributed by atoms with Crippen molar-refractivity contribution in [2.75, 3.05) is 0 Å². The van der Waals surface area contributed by atoms with Crippen molar-refractivity contribution in [2.45, 2.75) is 33.6 Å². The number of allylic oxidation sites excluding steroid dienone is 3. The van der Waals surface area contributed by atoms with Crippen LogP contribution in [0.15, 0.2) is 56.3 Å². The Morgan fingerprint density at radius 3 is 2.57 bits per heavy atom. The molecule has 4 heteroatoms. The fraction of sp³-hybridized carbons (Fsp3) is 0.263. The average Bonchev–Trinajstić information content (AvgIpc) is 3.01. The van der Waals surface area contributed by atoms with E-state index in [0.717, 1.165) is 16.8 Å². The van der Waals surface area contributed by atoms with Gasteiger partial charge in [-0.25, -0.2) is 9.97 Å². The average molecular weight is 310 g/mol. The van der Waals surface area contributed by atoms with Crippen LogP contribution in [-0.4, -0.2) is 14.4 Å². The Morgan fingerprint density at radius 1 is 1.26 bits per heavy atom. The topological polar surface area (TPSA) is 42.2 Å². The van der Waals surface area contributed by atoms with Gasteiger partial charge in [-0.2, -0.15) is 0 Å². The van der Waals surface area contributed by atoms with Crippen LogP contribution in [0.25, 0.3) is 17.4 Å². The molecule has 0 aromatic carbocycles. The third-order valence-electron chi connectivity index (χ3n) is 3.16. The number of unbranched alkanes of at least 4 members (excludes halogenated alkanes) is 1. The van der Waals surface area contributed by atoms with Gasteiger partial charge in [0.2, 0.25) is 5.78 Å². The zero-order valence-electron chi connectivity index (χ0n) is 14.3. The zero-order valence-corrected chi connectivity index (χ0v) is 14.3. The fourth-order valence-corrected chi connectivity index (χ4v) is 1.72. The number of fused-ring (bicyclic) bond motifs is 1. The maximum Gasteiger partial charge on any atom is 0.234 e. The summed E-state index contributed by atoms with van der Waals surface area (Å²) >= 11 is 0. The van der Waals surface area contributed by atoms with Crippen LogP contribution in [0, 0.1) is 0 Å². The molecule has 23 heavy (non-hydrogen) atoms. The molecule has 122 valence electrons. The molecule has 0 amide bonds. The monoisotopic (exact) mass is 310 g/mol. The summed E-state index contributed by atoms with van der Waals surface area (Å²) in [6.07, 6.45) is 17.5. The van der Waals surface area contributed by atoms with Gasteiger partial charge in [0.25, 0.3) is 0 Å². The second kappa shape index (κ2) is 10.2. The highest BCUT2D eigenvalue weighted by atomic mass is 15.1. The fourth-order valence-electron chi connectivity index (χ4n) is 1.72. The van der Waals surface area contributed by atoms with E-state index >= 15 is 0 Å². The molecule has 1 N–H and O–H groups in total. The number of rotatable bonds is 6. The molecule has 0 atom stereocenters. The van der Waals surface area contributed by atoms with Gasteiger partial charge >= 0.3 is 0 Å². The van der Waals surface area contributed by atoms with Crippen molar-refractivity contribution in [3.8, 4) is 0 Å². The van der Waals surface area contributed by atoms with E-state index in [1.807, 2.05) is 48.3 Å². The lowest BCUT2D eigenvalue weighted by Crippen LogP contribution is -1.93. The lowest BCUT2D eigenvalue weighted by molar-refractivity contribution is 0.886. The van der Waals surface area contributed by atoms with Gasteiger partial charge in [0.1, 0.15) is 0 Å². The van der Waals surface area contributed by atoms with Gasteiger partial charge in [0, 0.05) is 30.4 Å². The van der Waals surface area contributed by atoms with E-state index in [1.54, 1.807) is 12.3 Å². The minimum Gasteiger partial charge on any atom is -0.368 e. The standard InChI is InChI=1S/C15H16N4.C4H10/c1-4-12(7-8-16-6-3)13-9-17-15-18-14(5-2)11-19(15)10-13;1-3-4-2/h4-11,16H,2-3H2,1H3;3-4H2,1-2H3/b8-7-,12-4+;. The van der Waals surface area contributed by atoms with E-state index in [1.165, 1.54) is 12.8 Å². The summed E-state index contributed by atoms with van der Waals surface area (Å²) in [6.45, 7) is 13.6. The molecule has 0 saturated carbocycles. The lowest BCUT2D eigenvalue weighted by atomic mass is 10.1. The van der Waals surface area contributed by atoms with E-state index < -0.39 is 0 Å². The molecule has 4 nitrogen and oxygen atoms in total. The zero-order chi connectivity index (χ0) is 17.1. The molecule has 0 bridgehead atoms. The molecule has 2 aromatic heterocycles. The van der Waals surface area contributed by atoms with Gasteiger partial charge in [0.15, 0.2) is 0 Å². The van der Waals surface area contributed by atoms with Crippen LogP contribution in [0.5, 0.6) is 0 Å². The highest BCUT2D eigenvalue weighted by Gasteiger charge is 2.03. The first-order valence-electron chi connectivity index (χ1n) is 7.87. The van der Waals surface area contributed by atoms with Crippen molar-refractivity contribution in [1.82, 2.24) is 19.7 Å². The Morgan fingerprint density at radius 2 is 2.00 bits per heavy atom. The summed E-state index contributed by atoms with van der Waals surface area (Å²) in [7, 11) is 0. The van der Waals surface area contributed by atoms with Gasteiger partial charge in [-0.15, -0.1) is 0 Å². The van der Waals surface area contributed by atoms with Crippen molar-refractivity contribution < 1.29 is 0 Å². The van der Waals surface area contributed by atoms with E-state index in [0.29, 0.717) is 5.78 Å². The van der Waals surface area contributed by atoms with E-state index in [9.17, 15) is 0 Å². The number of nitrogens with one attached hydrogen (secondary N) is 1. The summed E-state index contributed by atoms with van der Waals surface area (Å²) in [5.74, 6) is 0.669. The van der Waals surface area contributed by atoms with Crippen molar-refractivity contribution in [1.29, 1.82) is 0 Å². The number of nitrogens with zero attached hydrogens (tertiary/aromatic N) is 3. The third kappa shape index (κ3) is 5.58. The third-order valence-corrected chi connectivity index (χ3v) is 3.16. The molecular weight excluding hydrogens is 284 g/mol. The predicted molar refractivity (Wildman–Crippen MR) is 99.8 cm³/mol. The van der Waals surface area contributed by atoms with Crippen molar-refractivity contribution in [3.05, 3.63) is 67.6 Å². The highest BCUT2D eigenvalue weighted by Crippen LogP contribution is 2.15. The first kappa shape index (κ1) is 18.4. The quantitative estimate of drug-likeness (QED) is 0.777. The van der Waals surface area contributed by atoms with Gasteiger partial charge < -0.3 is 5.32 Å². The van der Waals surface area contributed by atoms with E-state index in [2.05, 4.69) is 42.3 Å². The normalized spacial score (nSPS) is 11.2. The highest BCUT2D eigenvalue weighted by molar-refractivity contribution is 5.73. The Bertz CT molecular complexity index is 690. The van der Waals surface area contributed by atoms with Gasteiger partial charge in [-0.05, 0) is 30.8 Å². The van der Waals surface area contributed by atoms with Crippen LogP contribution < -0.4 is 5.32 Å². The maximum atomic E-state index is 4.34. The number of hydrogen-bond acceptors (Lipinski definition) is 3. The number of aromatic nitrogens is 3. The van der Waals surface area contributed by atoms with E-state index in [4.69, 9.17) is 0 Å². The van der Waals surface area contributed by atoms with Crippen LogP contribution >= 0.6 is 0 Å².